The number of hydrogen-bond donors (Lipinski definition) is 0. The van der Waals surface area contributed by atoms with Crippen LogP contribution in [0.1, 0.15) is 43.5 Å². The maximum absolute atomic E-state index is 14.1. The van der Waals surface area contributed by atoms with Crippen LogP contribution in [0.5, 0.6) is 5.75 Å². The summed E-state index contributed by atoms with van der Waals surface area (Å²) in [7, 11) is 0. The number of benzene rings is 3. The molecule has 3 aromatic carbocycles. The highest BCUT2D eigenvalue weighted by Crippen LogP contribution is 2.35. The molecule has 4 aromatic rings. The van der Waals surface area contributed by atoms with E-state index in [2.05, 4.69) is 15.9 Å². The van der Waals surface area contributed by atoms with E-state index in [9.17, 15) is 9.59 Å². The molecule has 6 nitrogen and oxygen atoms in total. The number of nitrogens with zero attached hydrogens (tertiary/aromatic N) is 2. The van der Waals surface area contributed by atoms with Gasteiger partial charge in [-0.15, -0.1) is 0 Å². The zero-order valence-electron chi connectivity index (χ0n) is 22.1. The summed E-state index contributed by atoms with van der Waals surface area (Å²) in [6.07, 6.45) is 1.77. The van der Waals surface area contributed by atoms with Gasteiger partial charge in [0, 0.05) is 20.6 Å². The van der Waals surface area contributed by atoms with Crippen LogP contribution in [0.3, 0.4) is 0 Å². The van der Waals surface area contributed by atoms with Gasteiger partial charge in [-0.2, -0.15) is 0 Å². The molecular weight excluding hydrogens is 612 g/mol. The summed E-state index contributed by atoms with van der Waals surface area (Å²) in [5.41, 5.74) is 2.72. The van der Waals surface area contributed by atoms with Crippen molar-refractivity contribution in [3.8, 4) is 5.75 Å². The number of carbonyl (C=O) groups excluding carboxylic acids is 1. The number of ether oxygens (including phenoxy) is 2. The summed E-state index contributed by atoms with van der Waals surface area (Å²) < 4.78 is 14.4. The zero-order chi connectivity index (χ0) is 28.4. The lowest BCUT2D eigenvalue weighted by Gasteiger charge is -2.26. The standard InChI is InChI=1S/C31H26BrClN2O4S/c1-4-38-30(37)26-27(19-8-6-5-7-9-19)34-31-35(28(26)20-10-13-23(33)14-11-20)29(36)25(40-31)17-21-16-22(32)12-15-24(21)39-18(2)3/h5-18,28H,4H2,1-3H3/b25-17+/t28-/m1/s1. The number of aromatic nitrogens is 1. The number of halogens is 2. The third-order valence-corrected chi connectivity index (χ3v) is 7.91. The molecule has 0 aliphatic carbocycles. The van der Waals surface area contributed by atoms with Crippen LogP contribution < -0.4 is 19.6 Å². The molecule has 40 heavy (non-hydrogen) atoms. The average molecular weight is 638 g/mol. The molecule has 0 bridgehead atoms. The second-order valence-corrected chi connectivity index (χ2v) is 11.7. The van der Waals surface area contributed by atoms with Crippen LogP contribution in [0.2, 0.25) is 5.02 Å². The Balaban J connectivity index is 1.81. The van der Waals surface area contributed by atoms with Crippen molar-refractivity contribution in [2.45, 2.75) is 32.9 Å². The first-order valence-corrected chi connectivity index (χ1v) is 14.8. The number of esters is 1. The molecule has 1 atom stereocenters. The summed E-state index contributed by atoms with van der Waals surface area (Å²) in [5, 5.41) is 0.549. The van der Waals surface area contributed by atoms with Gasteiger partial charge in [-0.1, -0.05) is 81.3 Å². The monoisotopic (exact) mass is 636 g/mol. The molecule has 1 aliphatic heterocycles. The molecule has 2 heterocycles. The van der Waals surface area contributed by atoms with Crippen LogP contribution >= 0.6 is 38.9 Å². The first-order chi connectivity index (χ1) is 19.3. The zero-order valence-corrected chi connectivity index (χ0v) is 25.2. The second kappa shape index (κ2) is 12.0. The van der Waals surface area contributed by atoms with Gasteiger partial charge in [0.2, 0.25) is 0 Å². The highest BCUT2D eigenvalue weighted by molar-refractivity contribution is 9.10. The third kappa shape index (κ3) is 5.70. The van der Waals surface area contributed by atoms with Crippen molar-refractivity contribution in [3.63, 3.8) is 0 Å². The third-order valence-electron chi connectivity index (χ3n) is 6.18. The van der Waals surface area contributed by atoms with Gasteiger partial charge in [-0.3, -0.25) is 9.36 Å². The summed E-state index contributed by atoms with van der Waals surface area (Å²) in [6, 6.07) is 21.5. The SMILES string of the molecule is CCOC(=O)C1=C(c2ccccc2)N=c2s/c(=C/c3cc(Br)ccc3OC(C)C)c(=O)n2[C@@H]1c1ccc(Cl)cc1. The van der Waals surface area contributed by atoms with Crippen molar-refractivity contribution in [1.29, 1.82) is 0 Å². The average Bonchev–Trinajstić information content (AvgIpc) is 3.24. The van der Waals surface area contributed by atoms with Crippen LogP contribution in [0, 0.1) is 0 Å². The lowest BCUT2D eigenvalue weighted by atomic mass is 9.93. The Hall–Kier alpha value is -3.46. The van der Waals surface area contributed by atoms with Crippen LogP contribution in [-0.2, 0) is 9.53 Å². The van der Waals surface area contributed by atoms with Crippen molar-refractivity contribution in [2.24, 2.45) is 4.99 Å². The van der Waals surface area contributed by atoms with Gasteiger partial charge in [-0.05, 0) is 62.7 Å². The summed E-state index contributed by atoms with van der Waals surface area (Å²) in [4.78, 5) is 33.0. The van der Waals surface area contributed by atoms with Gasteiger partial charge in [0.05, 0.1) is 34.6 Å². The fourth-order valence-electron chi connectivity index (χ4n) is 4.54. The molecule has 1 aliphatic rings. The van der Waals surface area contributed by atoms with Crippen molar-refractivity contribution >= 4 is 56.6 Å². The number of fused-ring (bicyclic) bond motifs is 1. The molecule has 0 saturated carbocycles. The minimum atomic E-state index is -0.765. The quantitative estimate of drug-likeness (QED) is 0.229. The van der Waals surface area contributed by atoms with Crippen molar-refractivity contribution < 1.29 is 14.3 Å². The maximum Gasteiger partial charge on any atom is 0.338 e. The first-order valence-electron chi connectivity index (χ1n) is 12.8. The molecule has 1 aromatic heterocycles. The van der Waals surface area contributed by atoms with E-state index in [1.54, 1.807) is 23.6 Å². The Morgan fingerprint density at radius 1 is 1.12 bits per heavy atom. The van der Waals surface area contributed by atoms with Crippen molar-refractivity contribution in [1.82, 2.24) is 4.57 Å². The largest absolute Gasteiger partial charge is 0.490 e. The van der Waals surface area contributed by atoms with Crippen LogP contribution in [-0.4, -0.2) is 23.2 Å². The number of carbonyl (C=O) groups is 1. The van der Waals surface area contributed by atoms with E-state index in [0.717, 1.165) is 21.2 Å². The molecule has 0 unspecified atom stereocenters. The summed E-state index contributed by atoms with van der Waals surface area (Å²) in [5.74, 6) is 0.134. The van der Waals surface area contributed by atoms with Crippen molar-refractivity contribution in [3.05, 3.63) is 124 Å². The highest BCUT2D eigenvalue weighted by Gasteiger charge is 2.35. The molecule has 9 heteroatoms. The predicted octanol–water partition coefficient (Wildman–Crippen LogP) is 6.14. The van der Waals surface area contributed by atoms with Gasteiger partial charge >= 0.3 is 5.97 Å². The lowest BCUT2D eigenvalue weighted by Crippen LogP contribution is -2.40. The minimum Gasteiger partial charge on any atom is -0.490 e. The maximum atomic E-state index is 14.1. The lowest BCUT2D eigenvalue weighted by molar-refractivity contribution is -0.138. The Morgan fingerprint density at radius 3 is 2.52 bits per heavy atom. The smallest absolute Gasteiger partial charge is 0.338 e. The van der Waals surface area contributed by atoms with E-state index in [1.165, 1.54) is 11.3 Å². The molecular formula is C31H26BrClN2O4S. The minimum absolute atomic E-state index is 0.0417. The first kappa shape index (κ1) is 28.1. The molecule has 0 fully saturated rings. The van der Waals surface area contributed by atoms with Gasteiger partial charge < -0.3 is 9.47 Å². The van der Waals surface area contributed by atoms with Crippen LogP contribution in [0.25, 0.3) is 11.8 Å². The highest BCUT2D eigenvalue weighted by atomic mass is 79.9. The molecule has 0 amide bonds. The van der Waals surface area contributed by atoms with Gasteiger partial charge in [0.15, 0.2) is 4.80 Å². The normalized spacial score (nSPS) is 15.2. The molecule has 0 spiro atoms. The van der Waals surface area contributed by atoms with Crippen LogP contribution in [0.4, 0.5) is 0 Å². The van der Waals surface area contributed by atoms with E-state index in [1.807, 2.05) is 80.6 Å². The Kier molecular flexibility index (Phi) is 8.40. The number of rotatable bonds is 7. The number of thiazole rings is 1. The van der Waals surface area contributed by atoms with E-state index in [-0.39, 0.29) is 18.3 Å². The van der Waals surface area contributed by atoms with E-state index in [4.69, 9.17) is 26.1 Å². The number of hydrogen-bond acceptors (Lipinski definition) is 6. The second-order valence-electron chi connectivity index (χ2n) is 9.33. The molecule has 0 saturated heterocycles. The molecule has 0 N–H and O–H groups in total. The Morgan fingerprint density at radius 2 is 1.85 bits per heavy atom. The van der Waals surface area contributed by atoms with E-state index in [0.29, 0.717) is 31.4 Å². The topological polar surface area (TPSA) is 69.9 Å². The molecule has 5 rings (SSSR count). The van der Waals surface area contributed by atoms with Crippen LogP contribution in [0.15, 0.2) is 92.6 Å². The van der Waals surface area contributed by atoms with E-state index >= 15 is 0 Å². The Bertz CT molecular complexity index is 1780. The van der Waals surface area contributed by atoms with E-state index < -0.39 is 12.0 Å². The van der Waals surface area contributed by atoms with Gasteiger partial charge in [-0.25, -0.2) is 9.79 Å². The van der Waals surface area contributed by atoms with Gasteiger partial charge in [0.25, 0.3) is 5.56 Å². The van der Waals surface area contributed by atoms with Crippen molar-refractivity contribution in [2.75, 3.05) is 6.61 Å². The molecule has 0 radical (unpaired) electrons. The fourth-order valence-corrected chi connectivity index (χ4v) is 6.03. The summed E-state index contributed by atoms with van der Waals surface area (Å²) in [6.45, 7) is 5.84. The Labute approximate surface area is 249 Å². The molecule has 204 valence electrons. The van der Waals surface area contributed by atoms with Gasteiger partial charge in [0.1, 0.15) is 5.75 Å². The summed E-state index contributed by atoms with van der Waals surface area (Å²) >= 11 is 11.0. The predicted molar refractivity (Wildman–Crippen MR) is 162 cm³/mol. The fraction of sp³-hybridized carbons (Fsp3) is 0.194.